The summed E-state index contributed by atoms with van der Waals surface area (Å²) in [5, 5.41) is 5.54. The Morgan fingerprint density at radius 3 is 2.76 bits per heavy atom. The summed E-state index contributed by atoms with van der Waals surface area (Å²) in [6.07, 6.45) is 7.32. The van der Waals surface area contributed by atoms with Crippen LogP contribution in [0.15, 0.2) is 40.9 Å². The number of rotatable bonds is 5. The van der Waals surface area contributed by atoms with E-state index in [4.69, 9.17) is 14.2 Å². The van der Waals surface area contributed by atoms with Gasteiger partial charge in [0.1, 0.15) is 5.69 Å². The summed E-state index contributed by atoms with van der Waals surface area (Å²) in [6.45, 7) is 2.86. The molecule has 2 aliphatic heterocycles. The largest absolute Gasteiger partial charge is 0.381 e. The van der Waals surface area contributed by atoms with Gasteiger partial charge >= 0.3 is 0 Å². The first-order valence-corrected chi connectivity index (χ1v) is 12.3. The smallest absolute Gasteiger partial charge is 0.272 e. The number of fused-ring (bicyclic) bond motifs is 1. The van der Waals surface area contributed by atoms with E-state index in [0.717, 1.165) is 74.5 Å². The van der Waals surface area contributed by atoms with Crippen LogP contribution in [-0.4, -0.2) is 52.2 Å². The summed E-state index contributed by atoms with van der Waals surface area (Å²) >= 11 is 0. The predicted octanol–water partition coefficient (Wildman–Crippen LogP) is 4.49. The SMILES string of the molecule is O=C(c1ccc2ccccc2n1)N1CCCC(CC2CC2)(c2noc(C3CCOCC3)n2)C1. The van der Waals surface area contributed by atoms with Crippen LogP contribution in [0.4, 0.5) is 0 Å². The van der Waals surface area contributed by atoms with Gasteiger partial charge in [0, 0.05) is 37.6 Å². The van der Waals surface area contributed by atoms with Crippen molar-refractivity contribution in [1.29, 1.82) is 0 Å². The number of nitrogens with zero attached hydrogens (tertiary/aromatic N) is 4. The van der Waals surface area contributed by atoms with Gasteiger partial charge in [-0.3, -0.25) is 4.79 Å². The van der Waals surface area contributed by atoms with Gasteiger partial charge in [-0.05, 0) is 50.2 Å². The Morgan fingerprint density at radius 2 is 1.91 bits per heavy atom. The Bertz CT molecular complexity index is 1150. The van der Waals surface area contributed by atoms with Crippen molar-refractivity contribution in [1.82, 2.24) is 20.0 Å². The molecule has 1 atom stereocenters. The van der Waals surface area contributed by atoms with Crippen LogP contribution < -0.4 is 0 Å². The van der Waals surface area contributed by atoms with E-state index in [-0.39, 0.29) is 17.2 Å². The molecule has 1 amide bonds. The highest BCUT2D eigenvalue weighted by Crippen LogP contribution is 2.46. The summed E-state index contributed by atoms with van der Waals surface area (Å²) < 4.78 is 11.3. The number of likely N-dealkylation sites (tertiary alicyclic amines) is 1. The molecule has 0 radical (unpaired) electrons. The molecule has 3 aliphatic rings. The fourth-order valence-corrected chi connectivity index (χ4v) is 5.53. The molecule has 7 heteroatoms. The van der Waals surface area contributed by atoms with Crippen molar-refractivity contribution >= 4 is 16.8 Å². The second-order valence-electron chi connectivity index (χ2n) is 9.99. The Morgan fingerprint density at radius 1 is 1.06 bits per heavy atom. The quantitative estimate of drug-likeness (QED) is 0.575. The van der Waals surface area contributed by atoms with Crippen LogP contribution in [-0.2, 0) is 10.2 Å². The van der Waals surface area contributed by atoms with E-state index >= 15 is 0 Å². The van der Waals surface area contributed by atoms with Gasteiger partial charge < -0.3 is 14.2 Å². The molecule has 1 unspecified atom stereocenters. The normalized spacial score (nSPS) is 24.3. The second-order valence-corrected chi connectivity index (χ2v) is 9.99. The minimum atomic E-state index is -0.237. The van der Waals surface area contributed by atoms with Gasteiger partial charge in [-0.15, -0.1) is 0 Å². The third-order valence-corrected chi connectivity index (χ3v) is 7.54. The molecule has 1 aromatic carbocycles. The number of pyridine rings is 1. The van der Waals surface area contributed by atoms with Crippen LogP contribution in [0.1, 0.15) is 73.1 Å². The molecule has 0 N–H and O–H groups in total. The van der Waals surface area contributed by atoms with Crippen molar-refractivity contribution in [3.63, 3.8) is 0 Å². The van der Waals surface area contributed by atoms with Crippen LogP contribution in [0.25, 0.3) is 10.9 Å². The van der Waals surface area contributed by atoms with Crippen molar-refractivity contribution < 1.29 is 14.1 Å². The molecule has 6 rings (SSSR count). The first-order chi connectivity index (χ1) is 16.2. The molecule has 4 heterocycles. The number of amides is 1. The van der Waals surface area contributed by atoms with E-state index in [1.165, 1.54) is 12.8 Å². The first-order valence-electron chi connectivity index (χ1n) is 12.3. The molecule has 2 aromatic heterocycles. The Labute approximate surface area is 193 Å². The lowest BCUT2D eigenvalue weighted by molar-refractivity contribution is 0.0601. The maximum atomic E-state index is 13.5. The Balaban J connectivity index is 1.27. The van der Waals surface area contributed by atoms with Gasteiger partial charge in [0.25, 0.3) is 5.91 Å². The van der Waals surface area contributed by atoms with Gasteiger partial charge in [-0.25, -0.2) is 4.98 Å². The number of piperidine rings is 1. The van der Waals surface area contributed by atoms with Crippen LogP contribution in [0.3, 0.4) is 0 Å². The zero-order valence-corrected chi connectivity index (χ0v) is 18.9. The number of hydrogen-bond acceptors (Lipinski definition) is 6. The molecule has 172 valence electrons. The average Bonchev–Trinajstić information content (AvgIpc) is 3.53. The van der Waals surface area contributed by atoms with Crippen molar-refractivity contribution in [2.45, 2.75) is 56.3 Å². The highest BCUT2D eigenvalue weighted by atomic mass is 16.5. The molecule has 2 saturated heterocycles. The summed E-state index contributed by atoms with van der Waals surface area (Å²) in [4.78, 5) is 25.1. The monoisotopic (exact) mass is 446 g/mol. The Kier molecular flexibility index (Phi) is 5.37. The number of para-hydroxylation sites is 1. The lowest BCUT2D eigenvalue weighted by atomic mass is 9.74. The third-order valence-electron chi connectivity index (χ3n) is 7.54. The predicted molar refractivity (Wildman–Crippen MR) is 123 cm³/mol. The van der Waals surface area contributed by atoms with E-state index in [2.05, 4.69) is 10.1 Å². The summed E-state index contributed by atoms with van der Waals surface area (Å²) in [7, 11) is 0. The lowest BCUT2D eigenvalue weighted by Crippen LogP contribution is -2.49. The molecule has 3 fully saturated rings. The van der Waals surface area contributed by atoms with E-state index in [9.17, 15) is 4.79 Å². The van der Waals surface area contributed by atoms with Crippen LogP contribution in [0.5, 0.6) is 0 Å². The van der Waals surface area contributed by atoms with E-state index in [0.29, 0.717) is 18.2 Å². The van der Waals surface area contributed by atoms with Gasteiger partial charge in [0.15, 0.2) is 5.82 Å². The number of carbonyl (C=O) groups is 1. The zero-order chi connectivity index (χ0) is 22.3. The Hall–Kier alpha value is -2.80. The van der Waals surface area contributed by atoms with Crippen molar-refractivity contribution in [2.24, 2.45) is 5.92 Å². The van der Waals surface area contributed by atoms with Gasteiger partial charge in [0.05, 0.1) is 10.9 Å². The van der Waals surface area contributed by atoms with E-state index < -0.39 is 0 Å². The van der Waals surface area contributed by atoms with Gasteiger partial charge in [-0.2, -0.15) is 4.98 Å². The highest BCUT2D eigenvalue weighted by molar-refractivity contribution is 5.95. The molecule has 0 spiro atoms. The molecule has 33 heavy (non-hydrogen) atoms. The molecular formula is C26H30N4O3. The van der Waals surface area contributed by atoms with E-state index in [1.807, 2.05) is 41.3 Å². The molecule has 0 bridgehead atoms. The standard InChI is InChI=1S/C26H30N4O3/c31-24(22-9-8-19-4-1-2-5-21(19)27-22)30-13-3-12-26(17-30,16-18-6-7-18)25-28-23(33-29-25)20-10-14-32-15-11-20/h1-2,4-5,8-9,18,20H,3,6-7,10-17H2. The molecular weight excluding hydrogens is 416 g/mol. The second kappa shape index (κ2) is 8.52. The summed E-state index contributed by atoms with van der Waals surface area (Å²) in [5.41, 5.74) is 1.12. The third kappa shape index (κ3) is 4.14. The van der Waals surface area contributed by atoms with E-state index in [1.54, 1.807) is 0 Å². The first kappa shape index (κ1) is 20.8. The van der Waals surface area contributed by atoms with Crippen LogP contribution in [0.2, 0.25) is 0 Å². The fraction of sp³-hybridized carbons (Fsp3) is 0.538. The molecule has 1 aliphatic carbocycles. The fourth-order valence-electron chi connectivity index (χ4n) is 5.53. The number of aromatic nitrogens is 3. The topological polar surface area (TPSA) is 81.4 Å². The van der Waals surface area contributed by atoms with Crippen molar-refractivity contribution in [3.05, 3.63) is 53.8 Å². The summed E-state index contributed by atoms with van der Waals surface area (Å²) in [6, 6.07) is 11.7. The number of ether oxygens (including phenoxy) is 1. The minimum absolute atomic E-state index is 0.00577. The minimum Gasteiger partial charge on any atom is -0.381 e. The maximum Gasteiger partial charge on any atom is 0.272 e. The zero-order valence-electron chi connectivity index (χ0n) is 18.9. The molecule has 1 saturated carbocycles. The maximum absolute atomic E-state index is 13.5. The number of hydrogen-bond donors (Lipinski definition) is 0. The average molecular weight is 447 g/mol. The van der Waals surface area contributed by atoms with Gasteiger partial charge in [-0.1, -0.05) is 42.3 Å². The van der Waals surface area contributed by atoms with Crippen LogP contribution >= 0.6 is 0 Å². The van der Waals surface area contributed by atoms with Crippen molar-refractivity contribution in [2.75, 3.05) is 26.3 Å². The van der Waals surface area contributed by atoms with Crippen molar-refractivity contribution in [3.8, 4) is 0 Å². The molecule has 7 nitrogen and oxygen atoms in total. The lowest BCUT2D eigenvalue weighted by Gasteiger charge is -2.41. The number of benzene rings is 1. The summed E-state index contributed by atoms with van der Waals surface area (Å²) in [5.74, 6) is 2.50. The highest BCUT2D eigenvalue weighted by Gasteiger charge is 2.46. The van der Waals surface area contributed by atoms with Gasteiger partial charge in [0.2, 0.25) is 5.89 Å². The molecule has 3 aromatic rings. The van der Waals surface area contributed by atoms with Crippen LogP contribution in [0, 0.1) is 5.92 Å². The number of carbonyl (C=O) groups excluding carboxylic acids is 1.